The van der Waals surface area contributed by atoms with Crippen LogP contribution in [-0.2, 0) is 6.61 Å². The Labute approximate surface area is 115 Å². The number of aromatic nitrogens is 1. The van der Waals surface area contributed by atoms with E-state index >= 15 is 0 Å². The number of carbonyl (C=O) groups is 1. The minimum atomic E-state index is -0.939. The van der Waals surface area contributed by atoms with Gasteiger partial charge in [0.25, 0.3) is 0 Å². The van der Waals surface area contributed by atoms with Crippen molar-refractivity contribution in [1.29, 1.82) is 0 Å². The van der Waals surface area contributed by atoms with Crippen LogP contribution in [0.4, 0.5) is 0 Å². The molecule has 0 unspecified atom stereocenters. The average Bonchev–Trinajstić information content (AvgIpc) is 2.69. The van der Waals surface area contributed by atoms with Crippen LogP contribution in [0, 0.1) is 6.92 Å². The second-order valence-corrected chi connectivity index (χ2v) is 4.51. The third-order valence-electron chi connectivity index (χ3n) is 2.14. The van der Waals surface area contributed by atoms with Gasteiger partial charge in [0.2, 0.25) is 0 Å². The molecule has 0 aliphatic heterocycles. The van der Waals surface area contributed by atoms with Crippen molar-refractivity contribution in [3.8, 4) is 5.75 Å². The van der Waals surface area contributed by atoms with Crippen molar-refractivity contribution in [2.45, 2.75) is 13.5 Å². The maximum absolute atomic E-state index is 10.8. The number of para-hydroxylation sites is 1. The number of aromatic carboxylic acids is 1. The monoisotopic (exact) mass is 284 g/mol. The number of aryl methyl sites for hydroxylation is 1. The molecule has 1 aromatic carbocycles. The molecule has 4 nitrogen and oxygen atoms in total. The fraction of sp³-hybridized carbons (Fsp3) is 0.167. The highest BCUT2D eigenvalue weighted by Crippen LogP contribution is 2.19. The predicted molar refractivity (Wildman–Crippen MR) is 64.6 cm³/mol. The minimum absolute atomic E-state index is 0. The first-order valence-electron chi connectivity index (χ1n) is 5.04. The van der Waals surface area contributed by atoms with Crippen molar-refractivity contribution in [3.05, 3.63) is 45.9 Å². The van der Waals surface area contributed by atoms with Crippen molar-refractivity contribution in [1.82, 2.24) is 4.98 Å². The number of halogens is 1. The Hall–Kier alpha value is -1.59. The molecular formula is C12H11ClNO3S-. The van der Waals surface area contributed by atoms with Crippen molar-refractivity contribution in [3.63, 3.8) is 0 Å². The van der Waals surface area contributed by atoms with Gasteiger partial charge in [-0.3, -0.25) is 0 Å². The van der Waals surface area contributed by atoms with Crippen molar-refractivity contribution >= 4 is 17.3 Å². The molecule has 1 heterocycles. The van der Waals surface area contributed by atoms with Gasteiger partial charge >= 0.3 is 5.97 Å². The zero-order chi connectivity index (χ0) is 12.3. The second-order valence-electron chi connectivity index (χ2n) is 3.43. The first-order chi connectivity index (χ1) is 8.16. The number of thiazole rings is 1. The topological polar surface area (TPSA) is 59.4 Å². The molecule has 2 rings (SSSR count). The van der Waals surface area contributed by atoms with E-state index in [9.17, 15) is 4.79 Å². The molecular weight excluding hydrogens is 274 g/mol. The molecule has 0 spiro atoms. The molecule has 0 fully saturated rings. The summed E-state index contributed by atoms with van der Waals surface area (Å²) in [5, 5.41) is 9.56. The van der Waals surface area contributed by atoms with Crippen LogP contribution in [0.5, 0.6) is 5.75 Å². The van der Waals surface area contributed by atoms with Gasteiger partial charge in [-0.15, -0.1) is 11.3 Å². The summed E-state index contributed by atoms with van der Waals surface area (Å²) in [6, 6.07) is 9.36. The summed E-state index contributed by atoms with van der Waals surface area (Å²) in [5.74, 6) is -0.191. The lowest BCUT2D eigenvalue weighted by molar-refractivity contribution is -0.0000197. The predicted octanol–water partition coefficient (Wildman–Crippen LogP) is -0.267. The van der Waals surface area contributed by atoms with Gasteiger partial charge in [-0.1, -0.05) is 18.2 Å². The Morgan fingerprint density at radius 1 is 1.39 bits per heavy atom. The number of carboxylic acids is 1. The van der Waals surface area contributed by atoms with Crippen LogP contribution in [0.25, 0.3) is 0 Å². The van der Waals surface area contributed by atoms with Crippen LogP contribution in [0.1, 0.15) is 20.4 Å². The summed E-state index contributed by atoms with van der Waals surface area (Å²) in [6.07, 6.45) is 0. The molecule has 0 amide bonds. The third-order valence-corrected chi connectivity index (χ3v) is 3.26. The largest absolute Gasteiger partial charge is 1.00 e. The first-order valence-corrected chi connectivity index (χ1v) is 5.86. The highest BCUT2D eigenvalue weighted by atomic mass is 35.5. The molecule has 2 aromatic rings. The summed E-state index contributed by atoms with van der Waals surface area (Å²) < 4.78 is 5.50. The fourth-order valence-corrected chi connectivity index (χ4v) is 2.19. The van der Waals surface area contributed by atoms with Crippen molar-refractivity contribution < 1.29 is 27.0 Å². The van der Waals surface area contributed by atoms with Gasteiger partial charge in [0.1, 0.15) is 22.2 Å². The van der Waals surface area contributed by atoms with Crippen LogP contribution < -0.4 is 17.1 Å². The molecule has 0 atom stereocenters. The Morgan fingerprint density at radius 2 is 2.06 bits per heavy atom. The van der Waals surface area contributed by atoms with E-state index in [0.29, 0.717) is 17.3 Å². The summed E-state index contributed by atoms with van der Waals surface area (Å²) in [7, 11) is 0. The van der Waals surface area contributed by atoms with E-state index in [1.165, 1.54) is 0 Å². The average molecular weight is 285 g/mol. The molecule has 1 aromatic heterocycles. The Morgan fingerprint density at radius 3 is 2.61 bits per heavy atom. The minimum Gasteiger partial charge on any atom is -1.00 e. The molecule has 18 heavy (non-hydrogen) atoms. The lowest BCUT2D eigenvalue weighted by Gasteiger charge is -2.02. The van der Waals surface area contributed by atoms with Crippen LogP contribution in [0.3, 0.4) is 0 Å². The third kappa shape index (κ3) is 3.45. The zero-order valence-electron chi connectivity index (χ0n) is 9.59. The van der Waals surface area contributed by atoms with Gasteiger partial charge in [0.05, 0.1) is 5.69 Å². The Bertz CT molecular complexity index is 527. The SMILES string of the molecule is Cc1nc(COc2ccccc2)sc1C(=O)O.[Cl-]. The van der Waals surface area contributed by atoms with Crippen LogP contribution in [0.15, 0.2) is 30.3 Å². The Balaban J connectivity index is 0.00000162. The van der Waals surface area contributed by atoms with E-state index < -0.39 is 5.97 Å². The molecule has 0 radical (unpaired) electrons. The van der Waals surface area contributed by atoms with Gasteiger partial charge in [0, 0.05) is 0 Å². The maximum Gasteiger partial charge on any atom is 0.347 e. The van der Waals surface area contributed by atoms with E-state index in [-0.39, 0.29) is 17.3 Å². The van der Waals surface area contributed by atoms with Gasteiger partial charge in [-0.2, -0.15) is 0 Å². The van der Waals surface area contributed by atoms with Gasteiger partial charge in [0.15, 0.2) is 0 Å². The van der Waals surface area contributed by atoms with Crippen LogP contribution in [0.2, 0.25) is 0 Å². The lowest BCUT2D eigenvalue weighted by atomic mass is 10.3. The number of carboxylic acid groups (broad SMARTS) is 1. The molecule has 0 saturated carbocycles. The summed E-state index contributed by atoms with van der Waals surface area (Å²) in [6.45, 7) is 1.98. The van der Waals surface area contributed by atoms with Gasteiger partial charge < -0.3 is 22.3 Å². The van der Waals surface area contributed by atoms with Gasteiger partial charge in [-0.25, -0.2) is 9.78 Å². The summed E-state index contributed by atoms with van der Waals surface area (Å²) in [4.78, 5) is 15.3. The summed E-state index contributed by atoms with van der Waals surface area (Å²) in [5.41, 5.74) is 0.536. The van der Waals surface area contributed by atoms with Crippen molar-refractivity contribution in [2.75, 3.05) is 0 Å². The van der Waals surface area contributed by atoms with E-state index in [2.05, 4.69) is 4.98 Å². The smallest absolute Gasteiger partial charge is 0.347 e. The number of nitrogens with zero attached hydrogens (tertiary/aromatic N) is 1. The molecule has 1 N–H and O–H groups in total. The fourth-order valence-electron chi connectivity index (χ4n) is 1.37. The standard InChI is InChI=1S/C12H11NO3S.ClH/c1-8-11(12(14)15)17-10(13-8)7-16-9-5-3-2-4-6-9;/h2-6H,7H2,1H3,(H,14,15);1H/p-1. The highest BCUT2D eigenvalue weighted by Gasteiger charge is 2.13. The number of ether oxygens (including phenoxy) is 1. The van der Waals surface area contributed by atoms with E-state index in [1.807, 2.05) is 30.3 Å². The van der Waals surface area contributed by atoms with Crippen LogP contribution >= 0.6 is 11.3 Å². The maximum atomic E-state index is 10.8. The summed E-state index contributed by atoms with van der Waals surface area (Å²) >= 11 is 1.15. The number of benzene rings is 1. The second kappa shape index (κ2) is 6.37. The molecule has 0 aliphatic carbocycles. The molecule has 96 valence electrons. The lowest BCUT2D eigenvalue weighted by Crippen LogP contribution is -3.00. The highest BCUT2D eigenvalue weighted by molar-refractivity contribution is 7.13. The van der Waals surface area contributed by atoms with Gasteiger partial charge in [-0.05, 0) is 19.1 Å². The quantitative estimate of drug-likeness (QED) is 0.840. The number of hydrogen-bond acceptors (Lipinski definition) is 4. The molecule has 6 heteroatoms. The molecule has 0 bridgehead atoms. The Kier molecular flexibility index (Phi) is 5.12. The van der Waals surface area contributed by atoms with E-state index in [0.717, 1.165) is 17.1 Å². The van der Waals surface area contributed by atoms with E-state index in [4.69, 9.17) is 9.84 Å². The van der Waals surface area contributed by atoms with E-state index in [1.54, 1.807) is 6.92 Å². The first kappa shape index (κ1) is 14.5. The molecule has 0 saturated heterocycles. The molecule has 0 aliphatic rings. The van der Waals surface area contributed by atoms with Crippen LogP contribution in [-0.4, -0.2) is 16.1 Å². The van der Waals surface area contributed by atoms with Crippen molar-refractivity contribution in [2.24, 2.45) is 0 Å². The normalized spacial score (nSPS) is 9.61. The zero-order valence-corrected chi connectivity index (χ0v) is 11.2. The number of hydrogen-bond donors (Lipinski definition) is 1. The number of rotatable bonds is 4.